The van der Waals surface area contributed by atoms with Gasteiger partial charge in [0.1, 0.15) is 0 Å². The Bertz CT molecular complexity index is 2850. The van der Waals surface area contributed by atoms with Crippen molar-refractivity contribution in [1.29, 1.82) is 0 Å². The molecule has 0 atom stereocenters. The second kappa shape index (κ2) is 10.9. The van der Waals surface area contributed by atoms with Crippen molar-refractivity contribution in [2.75, 3.05) is 0 Å². The third-order valence-corrected chi connectivity index (χ3v) is 12.7. The highest BCUT2D eigenvalue weighted by molar-refractivity contribution is 7.26. The summed E-state index contributed by atoms with van der Waals surface area (Å²) in [5.41, 5.74) is 17.8. The molecule has 0 saturated heterocycles. The molecule has 0 bridgehead atoms. The fourth-order valence-corrected chi connectivity index (χ4v) is 10.6. The maximum Gasteiger partial charge on any atom is 0.0725 e. The standard InChI is InChI=1S/C49H29ClS/c50-30-27-28-46-41(29-30)39-22-11-21-38(48(39)51-46)34-16-4-2-14-32(34)31-13-1-3-15-33(31)37-20-12-26-45-47(37)40-19-7-10-25-44(40)49(45)42-23-8-5-17-35(42)36-18-6-9-24-43(36)49/h1-29H. The zero-order valence-electron chi connectivity index (χ0n) is 27.5. The van der Waals surface area contributed by atoms with Crippen molar-refractivity contribution in [1.82, 2.24) is 0 Å². The summed E-state index contributed by atoms with van der Waals surface area (Å²) in [7, 11) is 0. The molecule has 0 fully saturated rings. The van der Waals surface area contributed by atoms with Crippen molar-refractivity contribution in [3.63, 3.8) is 0 Å². The van der Waals surface area contributed by atoms with Crippen LogP contribution in [-0.2, 0) is 5.41 Å². The molecule has 1 spiro atoms. The molecule has 2 aliphatic carbocycles. The fraction of sp³-hybridized carbons (Fsp3) is 0.0204. The van der Waals surface area contributed by atoms with E-state index in [0.717, 1.165) is 5.02 Å². The zero-order chi connectivity index (χ0) is 33.7. The van der Waals surface area contributed by atoms with Crippen molar-refractivity contribution in [3.8, 4) is 55.6 Å². The highest BCUT2D eigenvalue weighted by Crippen LogP contribution is 2.64. The van der Waals surface area contributed by atoms with E-state index in [-0.39, 0.29) is 5.41 Å². The van der Waals surface area contributed by atoms with Gasteiger partial charge in [0, 0.05) is 30.8 Å². The smallest absolute Gasteiger partial charge is 0.0725 e. The molecule has 2 heteroatoms. The first kappa shape index (κ1) is 29.0. The van der Waals surface area contributed by atoms with E-state index in [4.69, 9.17) is 11.6 Å². The van der Waals surface area contributed by atoms with Crippen molar-refractivity contribution in [2.24, 2.45) is 0 Å². The predicted octanol–water partition coefficient (Wildman–Crippen LogP) is 14.1. The Morgan fingerprint density at radius 2 is 0.804 bits per heavy atom. The highest BCUT2D eigenvalue weighted by atomic mass is 35.5. The number of hydrogen-bond acceptors (Lipinski definition) is 1. The molecule has 0 unspecified atom stereocenters. The van der Waals surface area contributed by atoms with Crippen LogP contribution in [0.1, 0.15) is 22.3 Å². The molecule has 51 heavy (non-hydrogen) atoms. The second-order valence-electron chi connectivity index (χ2n) is 13.6. The molecule has 0 nitrogen and oxygen atoms in total. The van der Waals surface area contributed by atoms with Crippen LogP contribution in [0.5, 0.6) is 0 Å². The minimum atomic E-state index is -0.373. The molecule has 11 rings (SSSR count). The van der Waals surface area contributed by atoms with Crippen LogP contribution in [0.2, 0.25) is 5.02 Å². The molecule has 0 aliphatic heterocycles. The SMILES string of the molecule is Clc1ccc2sc3c(-c4ccccc4-c4ccccc4-c4cccc5c4-c4ccccc4C54c5ccccc5-c5ccccc54)cccc3c2c1. The van der Waals surface area contributed by atoms with Crippen molar-refractivity contribution in [3.05, 3.63) is 203 Å². The minimum absolute atomic E-state index is 0.373. The quantitative estimate of drug-likeness (QED) is 0.174. The van der Waals surface area contributed by atoms with Gasteiger partial charge in [-0.25, -0.2) is 0 Å². The monoisotopic (exact) mass is 684 g/mol. The normalized spacial score (nSPS) is 13.4. The van der Waals surface area contributed by atoms with Gasteiger partial charge < -0.3 is 0 Å². The summed E-state index contributed by atoms with van der Waals surface area (Å²) in [4.78, 5) is 0. The Morgan fingerprint density at radius 1 is 0.353 bits per heavy atom. The maximum absolute atomic E-state index is 6.48. The molecule has 0 N–H and O–H groups in total. The van der Waals surface area contributed by atoms with Gasteiger partial charge in [-0.3, -0.25) is 0 Å². The van der Waals surface area contributed by atoms with Crippen LogP contribution < -0.4 is 0 Å². The molecule has 9 aromatic rings. The van der Waals surface area contributed by atoms with Crippen LogP contribution in [0.3, 0.4) is 0 Å². The average Bonchev–Trinajstić information content (AvgIpc) is 3.82. The van der Waals surface area contributed by atoms with Crippen LogP contribution in [0.4, 0.5) is 0 Å². The van der Waals surface area contributed by atoms with Crippen molar-refractivity contribution < 1.29 is 0 Å². The van der Waals surface area contributed by atoms with Gasteiger partial charge in [-0.1, -0.05) is 169 Å². The van der Waals surface area contributed by atoms with Crippen LogP contribution in [0, 0.1) is 0 Å². The molecule has 0 amide bonds. The van der Waals surface area contributed by atoms with Gasteiger partial charge in [0.15, 0.2) is 0 Å². The summed E-state index contributed by atoms with van der Waals surface area (Å²) in [6, 6.07) is 65.0. The first-order valence-corrected chi connectivity index (χ1v) is 18.7. The lowest BCUT2D eigenvalue weighted by molar-refractivity contribution is 0.794. The Hall–Kier alpha value is -5.73. The van der Waals surface area contributed by atoms with E-state index in [0.29, 0.717) is 0 Å². The molecule has 238 valence electrons. The molecule has 2 aliphatic rings. The Labute approximate surface area is 305 Å². The number of hydrogen-bond donors (Lipinski definition) is 0. The highest BCUT2D eigenvalue weighted by Gasteiger charge is 2.52. The van der Waals surface area contributed by atoms with Crippen LogP contribution in [0.15, 0.2) is 176 Å². The lowest BCUT2D eigenvalue weighted by atomic mass is 9.70. The van der Waals surface area contributed by atoms with Crippen LogP contribution >= 0.6 is 22.9 Å². The van der Waals surface area contributed by atoms with Gasteiger partial charge in [-0.05, 0) is 90.5 Å². The van der Waals surface area contributed by atoms with Crippen molar-refractivity contribution in [2.45, 2.75) is 5.41 Å². The lowest BCUT2D eigenvalue weighted by Crippen LogP contribution is -2.25. The number of thiophene rings is 1. The molecule has 0 radical (unpaired) electrons. The van der Waals surface area contributed by atoms with Gasteiger partial charge in [0.05, 0.1) is 5.41 Å². The lowest BCUT2D eigenvalue weighted by Gasteiger charge is -2.30. The van der Waals surface area contributed by atoms with Gasteiger partial charge in [-0.15, -0.1) is 11.3 Å². The Balaban J connectivity index is 1.17. The van der Waals surface area contributed by atoms with Gasteiger partial charge in [0.25, 0.3) is 0 Å². The Morgan fingerprint density at radius 3 is 1.45 bits per heavy atom. The van der Waals surface area contributed by atoms with E-state index in [1.54, 1.807) is 0 Å². The summed E-state index contributed by atoms with van der Waals surface area (Å²) >= 11 is 8.33. The van der Waals surface area contributed by atoms with Crippen LogP contribution in [-0.4, -0.2) is 0 Å². The fourth-order valence-electron chi connectivity index (χ4n) is 9.26. The maximum atomic E-state index is 6.48. The van der Waals surface area contributed by atoms with E-state index >= 15 is 0 Å². The summed E-state index contributed by atoms with van der Waals surface area (Å²) in [6.07, 6.45) is 0. The molecular weight excluding hydrogens is 656 g/mol. The van der Waals surface area contributed by atoms with Gasteiger partial charge >= 0.3 is 0 Å². The number of rotatable bonds is 3. The van der Waals surface area contributed by atoms with E-state index in [2.05, 4.69) is 170 Å². The zero-order valence-corrected chi connectivity index (χ0v) is 29.1. The van der Waals surface area contributed by atoms with Gasteiger partial charge in [0.2, 0.25) is 0 Å². The topological polar surface area (TPSA) is 0 Å². The first-order valence-electron chi connectivity index (χ1n) is 17.5. The third-order valence-electron chi connectivity index (χ3n) is 11.2. The van der Waals surface area contributed by atoms with E-state index in [1.165, 1.54) is 98.1 Å². The van der Waals surface area contributed by atoms with E-state index < -0.39 is 0 Å². The molecule has 8 aromatic carbocycles. The third kappa shape index (κ3) is 3.91. The summed E-state index contributed by atoms with van der Waals surface area (Å²) in [5, 5.41) is 3.23. The van der Waals surface area contributed by atoms with Crippen molar-refractivity contribution >= 4 is 43.1 Å². The summed E-state index contributed by atoms with van der Waals surface area (Å²) < 4.78 is 2.54. The molecule has 1 heterocycles. The minimum Gasteiger partial charge on any atom is -0.135 e. The Kier molecular flexibility index (Phi) is 6.20. The predicted molar refractivity (Wildman–Crippen MR) is 217 cm³/mol. The number of halogens is 1. The number of benzene rings is 8. The van der Waals surface area contributed by atoms with E-state index in [1.807, 2.05) is 17.4 Å². The van der Waals surface area contributed by atoms with E-state index in [9.17, 15) is 0 Å². The largest absolute Gasteiger partial charge is 0.135 e. The summed E-state index contributed by atoms with van der Waals surface area (Å²) in [5.74, 6) is 0. The first-order chi connectivity index (χ1) is 25.2. The second-order valence-corrected chi connectivity index (χ2v) is 15.1. The molecule has 1 aromatic heterocycles. The average molecular weight is 685 g/mol. The molecular formula is C49H29ClS. The summed E-state index contributed by atoms with van der Waals surface area (Å²) in [6.45, 7) is 0. The van der Waals surface area contributed by atoms with Gasteiger partial charge in [-0.2, -0.15) is 0 Å². The molecule has 0 saturated carbocycles. The number of fused-ring (bicyclic) bond motifs is 13. The van der Waals surface area contributed by atoms with Crippen LogP contribution in [0.25, 0.3) is 75.8 Å².